The molecular formula is C25H38N4O4. The highest BCUT2D eigenvalue weighted by atomic mass is 16.5. The molecule has 0 bridgehead atoms. The molecular weight excluding hydrogens is 420 g/mol. The van der Waals surface area contributed by atoms with Crippen molar-refractivity contribution >= 4 is 17.6 Å². The van der Waals surface area contributed by atoms with Gasteiger partial charge in [-0.1, -0.05) is 33.8 Å². The molecule has 0 unspecified atom stereocenters. The number of carbonyl (C=O) groups excluding carboxylic acids is 2. The van der Waals surface area contributed by atoms with Crippen molar-refractivity contribution in [3.05, 3.63) is 35.5 Å². The van der Waals surface area contributed by atoms with Gasteiger partial charge in [0.05, 0.1) is 25.5 Å². The summed E-state index contributed by atoms with van der Waals surface area (Å²) in [6.45, 7) is 14.6. The van der Waals surface area contributed by atoms with Crippen molar-refractivity contribution in [3.8, 4) is 11.5 Å². The van der Waals surface area contributed by atoms with Crippen molar-refractivity contribution < 1.29 is 19.1 Å². The molecule has 1 aromatic heterocycles. The van der Waals surface area contributed by atoms with Crippen LogP contribution < -0.4 is 14.8 Å². The minimum atomic E-state index is -0.324. The maximum Gasteiger partial charge on any atom is 0.261 e. The molecule has 0 spiro atoms. The van der Waals surface area contributed by atoms with Crippen LogP contribution in [-0.2, 0) is 15.7 Å². The van der Waals surface area contributed by atoms with E-state index < -0.39 is 0 Å². The first kappa shape index (κ1) is 26.2. The molecule has 0 fully saturated rings. The van der Waals surface area contributed by atoms with Crippen LogP contribution in [0.1, 0.15) is 70.9 Å². The van der Waals surface area contributed by atoms with E-state index in [0.29, 0.717) is 35.8 Å². The van der Waals surface area contributed by atoms with Crippen LogP contribution >= 0.6 is 0 Å². The number of carbonyl (C=O) groups is 2. The maximum atomic E-state index is 13.4. The van der Waals surface area contributed by atoms with Crippen molar-refractivity contribution in [1.29, 1.82) is 0 Å². The maximum absolute atomic E-state index is 13.4. The Morgan fingerprint density at radius 2 is 1.64 bits per heavy atom. The molecule has 0 aliphatic heterocycles. The van der Waals surface area contributed by atoms with Gasteiger partial charge in [0.15, 0.2) is 0 Å². The first-order valence-corrected chi connectivity index (χ1v) is 11.2. The van der Waals surface area contributed by atoms with Gasteiger partial charge in [0.1, 0.15) is 29.4 Å². The Labute approximate surface area is 197 Å². The van der Waals surface area contributed by atoms with Gasteiger partial charge in [-0.05, 0) is 39.3 Å². The number of hydrogen-bond acceptors (Lipinski definition) is 5. The summed E-state index contributed by atoms with van der Waals surface area (Å²) in [5.74, 6) is 0.803. The summed E-state index contributed by atoms with van der Waals surface area (Å²) in [6.07, 6.45) is 0.699. The molecule has 1 aromatic carbocycles. The van der Waals surface area contributed by atoms with E-state index in [0.717, 1.165) is 5.69 Å². The Bertz CT molecular complexity index is 961. The number of nitrogens with zero attached hydrogens (tertiary/aromatic N) is 3. The molecule has 182 valence electrons. The third-order valence-electron chi connectivity index (χ3n) is 5.14. The number of anilines is 1. The average molecular weight is 459 g/mol. The molecule has 0 saturated carbocycles. The molecule has 8 heteroatoms. The zero-order chi connectivity index (χ0) is 25.0. The molecule has 0 aliphatic carbocycles. The zero-order valence-electron chi connectivity index (χ0n) is 21.4. The zero-order valence-corrected chi connectivity index (χ0v) is 21.4. The molecule has 0 aliphatic rings. The monoisotopic (exact) mass is 458 g/mol. The first-order chi connectivity index (χ1) is 15.3. The second-order valence-electron chi connectivity index (χ2n) is 10.1. The highest BCUT2D eigenvalue weighted by molar-refractivity contribution is 6.02. The fourth-order valence-electron chi connectivity index (χ4n) is 3.45. The van der Waals surface area contributed by atoms with Crippen molar-refractivity contribution in [2.45, 2.75) is 65.8 Å². The SMILES string of the molecule is CCCN(CC(=O)Nc1cc(C(C)(C)C)nn1C(C)(C)C)C(=O)c1c(OC)cccc1OC. The van der Waals surface area contributed by atoms with Crippen LogP contribution in [0.25, 0.3) is 0 Å². The van der Waals surface area contributed by atoms with E-state index in [1.807, 2.05) is 38.4 Å². The lowest BCUT2D eigenvalue weighted by Crippen LogP contribution is -2.39. The quantitative estimate of drug-likeness (QED) is 0.632. The molecule has 2 rings (SSSR count). The second-order valence-corrected chi connectivity index (χ2v) is 10.1. The van der Waals surface area contributed by atoms with E-state index in [1.54, 1.807) is 18.2 Å². The highest BCUT2D eigenvalue weighted by Crippen LogP contribution is 2.30. The summed E-state index contributed by atoms with van der Waals surface area (Å²) in [5, 5.41) is 7.70. The van der Waals surface area contributed by atoms with Crippen molar-refractivity contribution in [2.75, 3.05) is 32.6 Å². The summed E-state index contributed by atoms with van der Waals surface area (Å²) in [6, 6.07) is 7.07. The molecule has 2 amide bonds. The second kappa shape index (κ2) is 10.3. The standard InChI is InChI=1S/C25H38N4O4/c1-10-14-28(23(31)22-17(32-8)12-11-13-18(22)33-9)16-21(30)26-20-15-19(24(2,3)4)27-29(20)25(5,6)7/h11-13,15H,10,14,16H2,1-9H3,(H,26,30). The number of methoxy groups -OCH3 is 2. The number of aromatic nitrogens is 2. The highest BCUT2D eigenvalue weighted by Gasteiger charge is 2.28. The molecule has 0 saturated heterocycles. The molecule has 1 N–H and O–H groups in total. The number of amides is 2. The van der Waals surface area contributed by atoms with Crippen LogP contribution in [0.2, 0.25) is 0 Å². The van der Waals surface area contributed by atoms with Crippen molar-refractivity contribution in [1.82, 2.24) is 14.7 Å². The summed E-state index contributed by atoms with van der Waals surface area (Å²) >= 11 is 0. The van der Waals surface area contributed by atoms with Gasteiger partial charge < -0.3 is 19.7 Å². The third-order valence-corrected chi connectivity index (χ3v) is 5.14. The van der Waals surface area contributed by atoms with Crippen LogP contribution in [0.3, 0.4) is 0 Å². The van der Waals surface area contributed by atoms with E-state index in [4.69, 9.17) is 14.6 Å². The van der Waals surface area contributed by atoms with E-state index in [1.165, 1.54) is 19.1 Å². The summed E-state index contributed by atoms with van der Waals surface area (Å²) in [7, 11) is 3.01. The molecule has 33 heavy (non-hydrogen) atoms. The van der Waals surface area contributed by atoms with Gasteiger partial charge >= 0.3 is 0 Å². The van der Waals surface area contributed by atoms with Crippen molar-refractivity contribution in [2.24, 2.45) is 0 Å². The largest absolute Gasteiger partial charge is 0.496 e. The summed E-state index contributed by atoms with van der Waals surface area (Å²) < 4.78 is 12.6. The van der Waals surface area contributed by atoms with Gasteiger partial charge in [-0.25, -0.2) is 4.68 Å². The van der Waals surface area contributed by atoms with E-state index in [2.05, 4.69) is 26.1 Å². The van der Waals surface area contributed by atoms with Gasteiger partial charge in [0.2, 0.25) is 5.91 Å². The number of nitrogens with one attached hydrogen (secondary N) is 1. The van der Waals surface area contributed by atoms with Gasteiger partial charge in [0, 0.05) is 18.0 Å². The number of benzene rings is 1. The Morgan fingerprint density at radius 3 is 2.09 bits per heavy atom. The molecule has 0 radical (unpaired) electrons. The van der Waals surface area contributed by atoms with Crippen LogP contribution in [0, 0.1) is 0 Å². The smallest absolute Gasteiger partial charge is 0.261 e. The van der Waals surface area contributed by atoms with E-state index in [9.17, 15) is 9.59 Å². The molecule has 2 aromatic rings. The van der Waals surface area contributed by atoms with Gasteiger partial charge in [-0.15, -0.1) is 0 Å². The van der Waals surface area contributed by atoms with E-state index in [-0.39, 0.29) is 29.3 Å². The van der Waals surface area contributed by atoms with Crippen LogP contribution in [0.5, 0.6) is 11.5 Å². The van der Waals surface area contributed by atoms with Gasteiger partial charge in [0.25, 0.3) is 5.91 Å². The molecule has 8 nitrogen and oxygen atoms in total. The Morgan fingerprint density at radius 1 is 1.06 bits per heavy atom. The Kier molecular flexibility index (Phi) is 8.16. The lowest BCUT2D eigenvalue weighted by molar-refractivity contribution is -0.117. The topological polar surface area (TPSA) is 85.7 Å². The Balaban J connectivity index is 2.33. The van der Waals surface area contributed by atoms with Crippen molar-refractivity contribution in [3.63, 3.8) is 0 Å². The third kappa shape index (κ3) is 6.27. The summed E-state index contributed by atoms with van der Waals surface area (Å²) in [5.41, 5.74) is 0.697. The van der Waals surface area contributed by atoms with Crippen LogP contribution in [0.15, 0.2) is 24.3 Å². The number of hydrogen-bond donors (Lipinski definition) is 1. The first-order valence-electron chi connectivity index (χ1n) is 11.2. The number of rotatable bonds is 8. The predicted molar refractivity (Wildman–Crippen MR) is 130 cm³/mol. The Hall–Kier alpha value is -3.03. The normalized spacial score (nSPS) is 11.8. The van der Waals surface area contributed by atoms with Crippen LogP contribution in [0.4, 0.5) is 5.82 Å². The van der Waals surface area contributed by atoms with Gasteiger partial charge in [-0.3, -0.25) is 9.59 Å². The minimum Gasteiger partial charge on any atom is -0.496 e. The van der Waals surface area contributed by atoms with Crippen LogP contribution in [-0.4, -0.2) is 53.8 Å². The lowest BCUT2D eigenvalue weighted by Gasteiger charge is -2.25. The molecule has 1 heterocycles. The number of ether oxygens (including phenoxy) is 2. The summed E-state index contributed by atoms with van der Waals surface area (Å²) in [4.78, 5) is 28.0. The minimum absolute atomic E-state index is 0.103. The lowest BCUT2D eigenvalue weighted by atomic mass is 9.92. The molecule has 0 atom stereocenters. The fraction of sp³-hybridized carbons (Fsp3) is 0.560. The van der Waals surface area contributed by atoms with E-state index >= 15 is 0 Å². The average Bonchev–Trinajstić information content (AvgIpc) is 3.17. The van der Waals surface area contributed by atoms with Gasteiger partial charge in [-0.2, -0.15) is 5.10 Å². The predicted octanol–water partition coefficient (Wildman–Crippen LogP) is 4.44. The fourth-order valence-corrected chi connectivity index (χ4v) is 3.45.